The second-order valence-corrected chi connectivity index (χ2v) is 9.35. The smallest absolute Gasteiger partial charge is 0.249 e. The number of methoxy groups -OCH3 is 1. The molecule has 0 aliphatic carbocycles. The molecule has 0 bridgehead atoms. The molecule has 4 aromatic rings. The molecule has 192 valence electrons. The van der Waals surface area contributed by atoms with E-state index in [1.165, 1.54) is 27.8 Å². The molecule has 0 saturated carbocycles. The third-order valence-corrected chi connectivity index (χ3v) is 6.37. The molecule has 9 heteroatoms. The molecule has 2 amide bonds. The molecule has 37 heavy (non-hydrogen) atoms. The second kappa shape index (κ2) is 10.8. The van der Waals surface area contributed by atoms with E-state index in [1.54, 1.807) is 49.6 Å². The first-order chi connectivity index (χ1) is 17.7. The molecule has 0 fully saturated rings. The number of hydrogen-bond donors (Lipinski definition) is 1. The van der Waals surface area contributed by atoms with E-state index >= 15 is 4.39 Å². The van der Waals surface area contributed by atoms with Crippen LogP contribution in [0.15, 0.2) is 72.8 Å². The number of hydrogen-bond acceptors (Lipinski definition) is 5. The van der Waals surface area contributed by atoms with Crippen molar-refractivity contribution >= 4 is 28.5 Å². The van der Waals surface area contributed by atoms with Gasteiger partial charge >= 0.3 is 0 Å². The molecule has 0 aliphatic rings. The van der Waals surface area contributed by atoms with Crippen LogP contribution in [0.3, 0.4) is 0 Å². The van der Waals surface area contributed by atoms with Gasteiger partial charge in [0.05, 0.1) is 18.3 Å². The highest BCUT2D eigenvalue weighted by molar-refractivity contribution is 6.01. The van der Waals surface area contributed by atoms with Gasteiger partial charge in [0.1, 0.15) is 29.7 Å². The lowest BCUT2D eigenvalue weighted by Crippen LogP contribution is -2.51. The Morgan fingerprint density at radius 3 is 2.41 bits per heavy atom. The predicted molar refractivity (Wildman–Crippen MR) is 140 cm³/mol. The maximum Gasteiger partial charge on any atom is 0.249 e. The van der Waals surface area contributed by atoms with Crippen LogP contribution in [0.1, 0.15) is 38.8 Å². The van der Waals surface area contributed by atoms with Crippen LogP contribution in [0.5, 0.6) is 5.75 Å². The summed E-state index contributed by atoms with van der Waals surface area (Å²) in [5, 5.41) is 11.3. The van der Waals surface area contributed by atoms with Gasteiger partial charge in [0.15, 0.2) is 0 Å². The van der Waals surface area contributed by atoms with E-state index in [0.717, 1.165) is 0 Å². The number of ether oxygens (including phenoxy) is 1. The Morgan fingerprint density at radius 2 is 1.73 bits per heavy atom. The number of fused-ring (bicyclic) bond motifs is 1. The fourth-order valence-corrected chi connectivity index (χ4v) is 4.00. The molecule has 1 aromatic heterocycles. The third kappa shape index (κ3) is 5.61. The van der Waals surface area contributed by atoms with Crippen molar-refractivity contribution in [2.75, 3.05) is 12.0 Å². The molecule has 0 unspecified atom stereocenters. The third-order valence-electron chi connectivity index (χ3n) is 6.37. The average molecular weight is 504 g/mol. The number of amides is 2. The maximum atomic E-state index is 15.2. The topological polar surface area (TPSA) is 89.4 Å². The zero-order valence-electron chi connectivity index (χ0n) is 21.3. The number of halogens is 1. The van der Waals surface area contributed by atoms with Gasteiger partial charge in [-0.3, -0.25) is 14.5 Å². The Balaban J connectivity index is 1.83. The van der Waals surface area contributed by atoms with Crippen LogP contribution in [-0.4, -0.2) is 39.5 Å². The predicted octanol–water partition coefficient (Wildman–Crippen LogP) is 4.66. The fourth-order valence-electron chi connectivity index (χ4n) is 4.00. The van der Waals surface area contributed by atoms with E-state index in [-0.39, 0.29) is 12.2 Å². The summed E-state index contributed by atoms with van der Waals surface area (Å²) >= 11 is 0. The van der Waals surface area contributed by atoms with E-state index in [4.69, 9.17) is 4.74 Å². The lowest BCUT2D eigenvalue weighted by atomic mass is 9.98. The number of carbonyl (C=O) groups excluding carboxylic acids is 2. The number of nitrogens with zero attached hydrogens (tertiary/aromatic N) is 4. The molecule has 0 radical (unpaired) electrons. The van der Waals surface area contributed by atoms with Gasteiger partial charge in [-0.1, -0.05) is 48.5 Å². The van der Waals surface area contributed by atoms with Crippen LogP contribution in [0.25, 0.3) is 11.0 Å². The zero-order valence-corrected chi connectivity index (χ0v) is 21.3. The fraction of sp³-hybridized carbons (Fsp3) is 0.286. The second-order valence-electron chi connectivity index (χ2n) is 9.35. The summed E-state index contributed by atoms with van der Waals surface area (Å²) < 4.78 is 21.9. The van der Waals surface area contributed by atoms with E-state index in [1.807, 2.05) is 32.9 Å². The van der Waals surface area contributed by atoms with Gasteiger partial charge < -0.3 is 10.1 Å². The van der Waals surface area contributed by atoms with Gasteiger partial charge in [0, 0.05) is 5.54 Å². The summed E-state index contributed by atoms with van der Waals surface area (Å²) in [6.07, 6.45) is 0.659. The zero-order chi connectivity index (χ0) is 26.6. The summed E-state index contributed by atoms with van der Waals surface area (Å²) in [6.45, 7) is 5.50. The highest BCUT2D eigenvalue weighted by Crippen LogP contribution is 2.32. The maximum absolute atomic E-state index is 15.2. The Morgan fingerprint density at radius 1 is 1.05 bits per heavy atom. The Hall–Kier alpha value is -4.27. The van der Waals surface area contributed by atoms with E-state index in [2.05, 4.69) is 15.6 Å². The number of nitrogens with one attached hydrogen (secondary N) is 1. The highest BCUT2D eigenvalue weighted by atomic mass is 19.1. The molecule has 0 aliphatic heterocycles. The number of rotatable bonds is 9. The first-order valence-electron chi connectivity index (χ1n) is 12.0. The molecule has 1 N–H and O–H groups in total. The minimum Gasteiger partial charge on any atom is -0.497 e. The Labute approximate surface area is 215 Å². The van der Waals surface area contributed by atoms with Crippen molar-refractivity contribution in [1.29, 1.82) is 0 Å². The summed E-state index contributed by atoms with van der Waals surface area (Å²) in [5.74, 6) is -0.988. The molecule has 3 aromatic carbocycles. The number of para-hydroxylation sites is 2. The van der Waals surface area contributed by atoms with Gasteiger partial charge in [-0.25, -0.2) is 9.07 Å². The van der Waals surface area contributed by atoms with Crippen LogP contribution in [0, 0.1) is 5.82 Å². The van der Waals surface area contributed by atoms with E-state index in [0.29, 0.717) is 28.8 Å². The Bertz CT molecular complexity index is 1400. The van der Waals surface area contributed by atoms with Crippen LogP contribution < -0.4 is 15.0 Å². The normalized spacial score (nSPS) is 12.2. The first kappa shape index (κ1) is 25.8. The van der Waals surface area contributed by atoms with Gasteiger partial charge in [-0.15, -0.1) is 5.10 Å². The average Bonchev–Trinajstić information content (AvgIpc) is 3.30. The van der Waals surface area contributed by atoms with Crippen LogP contribution in [-0.2, 0) is 16.1 Å². The number of anilines is 1. The summed E-state index contributed by atoms with van der Waals surface area (Å²) in [6, 6.07) is 18.8. The van der Waals surface area contributed by atoms with Crippen molar-refractivity contribution in [1.82, 2.24) is 20.3 Å². The summed E-state index contributed by atoms with van der Waals surface area (Å²) in [4.78, 5) is 29.0. The molecule has 0 saturated heterocycles. The van der Waals surface area contributed by atoms with Gasteiger partial charge in [0.25, 0.3) is 0 Å². The molecule has 0 spiro atoms. The highest BCUT2D eigenvalue weighted by Gasteiger charge is 2.36. The number of carbonyl (C=O) groups is 2. The van der Waals surface area contributed by atoms with Crippen LogP contribution in [0.4, 0.5) is 10.1 Å². The van der Waals surface area contributed by atoms with Crippen molar-refractivity contribution in [3.8, 4) is 5.75 Å². The molecule has 1 atom stereocenters. The van der Waals surface area contributed by atoms with Crippen LogP contribution >= 0.6 is 0 Å². The van der Waals surface area contributed by atoms with E-state index < -0.39 is 29.2 Å². The van der Waals surface area contributed by atoms with Gasteiger partial charge in [-0.05, 0) is 62.2 Å². The van der Waals surface area contributed by atoms with Crippen molar-refractivity contribution in [3.05, 3.63) is 84.2 Å². The van der Waals surface area contributed by atoms with Gasteiger partial charge in [0.2, 0.25) is 11.8 Å². The molecule has 1 heterocycles. The molecule has 4 rings (SSSR count). The first-order valence-corrected chi connectivity index (χ1v) is 12.0. The minimum atomic E-state index is -1.16. The van der Waals surface area contributed by atoms with Gasteiger partial charge in [-0.2, -0.15) is 0 Å². The lowest BCUT2D eigenvalue weighted by Gasteiger charge is -2.34. The minimum absolute atomic E-state index is 0.0119. The van der Waals surface area contributed by atoms with Crippen LogP contribution in [0.2, 0.25) is 0 Å². The van der Waals surface area contributed by atoms with Crippen molar-refractivity contribution < 1.29 is 18.7 Å². The lowest BCUT2D eigenvalue weighted by molar-refractivity contribution is -0.128. The van der Waals surface area contributed by atoms with Crippen molar-refractivity contribution in [2.45, 2.75) is 45.3 Å². The Kier molecular flexibility index (Phi) is 7.52. The van der Waals surface area contributed by atoms with E-state index in [9.17, 15) is 9.59 Å². The molecule has 8 nitrogen and oxygen atoms in total. The largest absolute Gasteiger partial charge is 0.497 e. The standard InChI is InChI=1S/C28H30FN5O3/c1-5-28(2,3)30-27(36)26(19-14-16-20(37-4)17-15-19)34(23-12-8-6-10-21(23)29)25(35)18-33-24-13-9-7-11-22(24)31-32-33/h6-17,26H,5,18H2,1-4H3,(H,30,36)/t26-/m1/s1. The number of aromatic nitrogens is 3. The monoisotopic (exact) mass is 503 g/mol. The van der Waals surface area contributed by atoms with Crippen molar-refractivity contribution in [3.63, 3.8) is 0 Å². The SMILES string of the molecule is CCC(C)(C)NC(=O)[C@@H](c1ccc(OC)cc1)N(C(=O)Cn1nnc2ccccc21)c1ccccc1F. The molecular formula is C28H30FN5O3. The summed E-state index contributed by atoms with van der Waals surface area (Å²) in [7, 11) is 1.54. The number of benzene rings is 3. The van der Waals surface area contributed by atoms with Crippen molar-refractivity contribution in [2.24, 2.45) is 0 Å². The summed E-state index contributed by atoms with van der Waals surface area (Å²) in [5.41, 5.74) is 1.23. The quantitative estimate of drug-likeness (QED) is 0.359. The molecular weight excluding hydrogens is 473 g/mol.